The third-order valence-corrected chi connectivity index (χ3v) is 12.1. The molecule has 0 aliphatic heterocycles. The van der Waals surface area contributed by atoms with Crippen molar-refractivity contribution in [2.24, 2.45) is 0 Å². The lowest BCUT2D eigenvalue weighted by Crippen LogP contribution is -2.05. The zero-order valence-electron chi connectivity index (χ0n) is 31.7. The first kappa shape index (κ1) is 32.1. The molecule has 0 atom stereocenters. The van der Waals surface area contributed by atoms with Gasteiger partial charge in [0.15, 0.2) is 5.58 Å². The lowest BCUT2D eigenvalue weighted by molar-refractivity contribution is 0.671. The number of nitrogens with zero attached hydrogens (tertiary/aromatic N) is 4. The first-order valence-corrected chi connectivity index (χ1v) is 20.0. The molecule has 5 nitrogen and oxygen atoms in total. The van der Waals surface area contributed by atoms with Gasteiger partial charge in [-0.25, -0.2) is 9.97 Å². The SMILES string of the molecule is c1ccc(-c2ccc(-c3nc(-n4c5ccccc5c5ccc6c7ccc8c9ccccc9oc8c7n(-c7cccc8ccccc78)c6c54)nc4ccccc34)cc2)cc1. The molecule has 0 radical (unpaired) electrons. The Hall–Kier alpha value is -8.02. The van der Waals surface area contributed by atoms with Crippen LogP contribution in [0.3, 0.4) is 0 Å². The molecule has 0 spiro atoms. The fourth-order valence-electron chi connectivity index (χ4n) is 9.50. The summed E-state index contributed by atoms with van der Waals surface area (Å²) < 4.78 is 11.6. The summed E-state index contributed by atoms with van der Waals surface area (Å²) in [5.41, 5.74) is 12.2. The second-order valence-electron chi connectivity index (χ2n) is 15.3. The van der Waals surface area contributed by atoms with E-state index in [1.807, 2.05) is 6.07 Å². The minimum atomic E-state index is 0.619. The fourth-order valence-corrected chi connectivity index (χ4v) is 9.50. The van der Waals surface area contributed by atoms with E-state index in [4.69, 9.17) is 14.4 Å². The van der Waals surface area contributed by atoms with E-state index in [0.29, 0.717) is 5.95 Å². The van der Waals surface area contributed by atoms with Crippen LogP contribution in [-0.2, 0) is 0 Å². The zero-order chi connectivity index (χ0) is 38.6. The number of aromatic nitrogens is 4. The van der Waals surface area contributed by atoms with Gasteiger partial charge in [-0.2, -0.15) is 0 Å². The van der Waals surface area contributed by atoms with E-state index in [2.05, 4.69) is 197 Å². The summed E-state index contributed by atoms with van der Waals surface area (Å²) >= 11 is 0. The standard InChI is InChI=1S/C54H32N4O/c1-2-13-33(14-3-1)34-25-27-36(28-26-34)49-44-20-6-9-21-45(44)55-54(56-49)58-47-22-10-7-18-38(47)40-29-30-41-42-31-32-43-39-19-8-11-24-48(39)59-53(43)52(42)57(50(41)51(40)58)46-23-12-16-35-15-4-5-17-37(35)46/h1-32H. The van der Waals surface area contributed by atoms with Crippen LogP contribution < -0.4 is 0 Å². The number of fused-ring (bicyclic) bond motifs is 13. The molecular formula is C54H32N4O. The Kier molecular flexibility index (Phi) is 6.66. The Labute approximate surface area is 337 Å². The van der Waals surface area contributed by atoms with Gasteiger partial charge in [0.1, 0.15) is 5.58 Å². The summed E-state index contributed by atoms with van der Waals surface area (Å²) in [5, 5.41) is 10.0. The van der Waals surface area contributed by atoms with E-state index in [9.17, 15) is 0 Å². The third kappa shape index (κ3) is 4.61. The van der Waals surface area contributed by atoms with E-state index in [1.165, 1.54) is 10.9 Å². The van der Waals surface area contributed by atoms with Crippen LogP contribution in [0.15, 0.2) is 199 Å². The number of rotatable bonds is 4. The third-order valence-electron chi connectivity index (χ3n) is 12.1. The summed E-state index contributed by atoms with van der Waals surface area (Å²) in [4.78, 5) is 10.9. The van der Waals surface area contributed by atoms with Crippen molar-refractivity contribution in [2.75, 3.05) is 0 Å². The number of furan rings is 1. The lowest BCUT2D eigenvalue weighted by Gasteiger charge is -2.15. The van der Waals surface area contributed by atoms with E-state index >= 15 is 0 Å². The van der Waals surface area contributed by atoms with Crippen molar-refractivity contribution >= 4 is 87.2 Å². The highest BCUT2D eigenvalue weighted by atomic mass is 16.3. The molecule has 0 saturated heterocycles. The van der Waals surface area contributed by atoms with E-state index < -0.39 is 0 Å². The maximum atomic E-state index is 6.85. The summed E-state index contributed by atoms with van der Waals surface area (Å²) in [6, 6.07) is 68.8. The van der Waals surface area contributed by atoms with Crippen LogP contribution in [0.25, 0.3) is 121 Å². The van der Waals surface area contributed by atoms with Crippen LogP contribution in [-0.4, -0.2) is 19.1 Å². The summed E-state index contributed by atoms with van der Waals surface area (Å²) in [6.07, 6.45) is 0. The minimum absolute atomic E-state index is 0.619. The Morgan fingerprint density at radius 3 is 1.80 bits per heavy atom. The molecule has 0 saturated carbocycles. The van der Waals surface area contributed by atoms with Gasteiger partial charge in [0.2, 0.25) is 5.95 Å². The average Bonchev–Trinajstić information content (AvgIpc) is 3.97. The second-order valence-corrected chi connectivity index (χ2v) is 15.3. The predicted molar refractivity (Wildman–Crippen MR) is 244 cm³/mol. The van der Waals surface area contributed by atoms with Gasteiger partial charge < -0.3 is 8.98 Å². The molecule has 0 amide bonds. The molecule has 0 aliphatic carbocycles. The molecule has 4 aromatic heterocycles. The van der Waals surface area contributed by atoms with Crippen molar-refractivity contribution in [3.63, 3.8) is 0 Å². The molecule has 0 bridgehead atoms. The monoisotopic (exact) mass is 752 g/mol. The van der Waals surface area contributed by atoms with Gasteiger partial charge in [0.05, 0.1) is 39.0 Å². The van der Waals surface area contributed by atoms with Gasteiger partial charge in [0, 0.05) is 48.7 Å². The Balaban J connectivity index is 1.19. The van der Waals surface area contributed by atoms with Gasteiger partial charge in [-0.15, -0.1) is 0 Å². The topological polar surface area (TPSA) is 48.8 Å². The first-order valence-electron chi connectivity index (χ1n) is 20.0. The van der Waals surface area contributed by atoms with Crippen molar-refractivity contribution in [3.05, 3.63) is 194 Å². The van der Waals surface area contributed by atoms with Crippen LogP contribution in [0.4, 0.5) is 0 Å². The van der Waals surface area contributed by atoms with Crippen molar-refractivity contribution in [3.8, 4) is 34.0 Å². The molecule has 5 heteroatoms. The average molecular weight is 753 g/mol. The van der Waals surface area contributed by atoms with Crippen molar-refractivity contribution in [1.82, 2.24) is 19.1 Å². The van der Waals surface area contributed by atoms with Crippen LogP contribution in [0.1, 0.15) is 0 Å². The number of hydrogen-bond acceptors (Lipinski definition) is 3. The van der Waals surface area contributed by atoms with Crippen LogP contribution >= 0.6 is 0 Å². The largest absolute Gasteiger partial charge is 0.454 e. The molecule has 9 aromatic carbocycles. The first-order chi connectivity index (χ1) is 29.3. The summed E-state index contributed by atoms with van der Waals surface area (Å²) in [6.45, 7) is 0. The van der Waals surface area contributed by atoms with Gasteiger partial charge in [-0.1, -0.05) is 164 Å². The predicted octanol–water partition coefficient (Wildman–Crippen LogP) is 14.2. The highest BCUT2D eigenvalue weighted by Crippen LogP contribution is 2.46. The molecule has 274 valence electrons. The molecule has 0 N–H and O–H groups in total. The van der Waals surface area contributed by atoms with Crippen LogP contribution in [0.5, 0.6) is 0 Å². The Morgan fingerprint density at radius 1 is 0.356 bits per heavy atom. The van der Waals surface area contributed by atoms with Gasteiger partial charge in [-0.3, -0.25) is 4.57 Å². The second kappa shape index (κ2) is 12.2. The highest BCUT2D eigenvalue weighted by Gasteiger charge is 2.26. The highest BCUT2D eigenvalue weighted by molar-refractivity contribution is 6.28. The van der Waals surface area contributed by atoms with Crippen LogP contribution in [0, 0.1) is 0 Å². The van der Waals surface area contributed by atoms with E-state index in [1.54, 1.807) is 0 Å². The molecule has 13 rings (SSSR count). The van der Waals surface area contributed by atoms with Gasteiger partial charge in [0.25, 0.3) is 0 Å². The zero-order valence-corrected chi connectivity index (χ0v) is 31.7. The lowest BCUT2D eigenvalue weighted by atomic mass is 10.0. The number of para-hydroxylation sites is 3. The molecule has 13 aromatic rings. The van der Waals surface area contributed by atoms with Gasteiger partial charge >= 0.3 is 0 Å². The Bertz CT molecular complexity index is 3830. The summed E-state index contributed by atoms with van der Waals surface area (Å²) in [5.74, 6) is 0.619. The van der Waals surface area contributed by atoms with Crippen LogP contribution in [0.2, 0.25) is 0 Å². The van der Waals surface area contributed by atoms with Crippen molar-refractivity contribution in [1.29, 1.82) is 0 Å². The van der Waals surface area contributed by atoms with Gasteiger partial charge in [-0.05, 0) is 46.8 Å². The summed E-state index contributed by atoms with van der Waals surface area (Å²) in [7, 11) is 0. The number of hydrogen-bond donors (Lipinski definition) is 0. The molecule has 0 unspecified atom stereocenters. The minimum Gasteiger partial charge on any atom is -0.454 e. The normalized spacial score (nSPS) is 12.1. The van der Waals surface area contributed by atoms with E-state index in [0.717, 1.165) is 104 Å². The fraction of sp³-hybridized carbons (Fsp3) is 0. The molecule has 0 fully saturated rings. The molecule has 59 heavy (non-hydrogen) atoms. The van der Waals surface area contributed by atoms with Crippen molar-refractivity contribution in [2.45, 2.75) is 0 Å². The van der Waals surface area contributed by atoms with Crippen molar-refractivity contribution < 1.29 is 4.42 Å². The maximum Gasteiger partial charge on any atom is 0.235 e. The maximum absolute atomic E-state index is 6.85. The van der Waals surface area contributed by atoms with E-state index in [-0.39, 0.29) is 0 Å². The molecular weight excluding hydrogens is 721 g/mol. The Morgan fingerprint density at radius 2 is 0.949 bits per heavy atom. The molecule has 0 aliphatic rings. The number of benzene rings is 9. The molecule has 4 heterocycles. The smallest absolute Gasteiger partial charge is 0.235 e. The quantitative estimate of drug-likeness (QED) is 0.180.